The van der Waals surface area contributed by atoms with Gasteiger partial charge >= 0.3 is 0 Å². The summed E-state index contributed by atoms with van der Waals surface area (Å²) in [5.41, 5.74) is 1.18. The molecular formula is C18H26N4O2. The van der Waals surface area contributed by atoms with E-state index in [1.54, 1.807) is 13.4 Å². The van der Waals surface area contributed by atoms with Crippen molar-refractivity contribution in [2.45, 2.75) is 45.6 Å². The minimum absolute atomic E-state index is 0.208. The number of rotatable bonds is 5. The Morgan fingerprint density at radius 3 is 2.50 bits per heavy atom. The Kier molecular flexibility index (Phi) is 5.16. The predicted octanol–water partition coefficient (Wildman–Crippen LogP) is 2.51. The summed E-state index contributed by atoms with van der Waals surface area (Å²) in [6.07, 6.45) is 2.13. The number of methoxy groups -OCH3 is 1. The van der Waals surface area contributed by atoms with Gasteiger partial charge in [0.25, 0.3) is 0 Å². The first-order chi connectivity index (χ1) is 11.6. The maximum atomic E-state index is 5.84. The second kappa shape index (κ2) is 7.32. The summed E-state index contributed by atoms with van der Waals surface area (Å²) < 4.78 is 13.0. The fourth-order valence-corrected chi connectivity index (χ4v) is 3.32. The van der Waals surface area contributed by atoms with E-state index in [2.05, 4.69) is 47.9 Å². The Morgan fingerprint density at radius 1 is 1.21 bits per heavy atom. The maximum Gasteiger partial charge on any atom is 0.144 e. The van der Waals surface area contributed by atoms with Gasteiger partial charge in [-0.15, -0.1) is 0 Å². The molecule has 130 valence electrons. The Labute approximate surface area is 143 Å². The Morgan fingerprint density at radius 2 is 1.88 bits per heavy atom. The molecule has 0 N–H and O–H groups in total. The molecule has 3 rings (SSSR count). The van der Waals surface area contributed by atoms with Gasteiger partial charge in [-0.25, -0.2) is 9.67 Å². The van der Waals surface area contributed by atoms with E-state index < -0.39 is 0 Å². The van der Waals surface area contributed by atoms with Crippen molar-refractivity contribution in [3.63, 3.8) is 0 Å². The summed E-state index contributed by atoms with van der Waals surface area (Å²) in [6, 6.07) is 8.28. The second-order valence-corrected chi connectivity index (χ2v) is 6.51. The highest BCUT2D eigenvalue weighted by Crippen LogP contribution is 2.23. The average Bonchev–Trinajstić information content (AvgIpc) is 3.02. The Bertz CT molecular complexity index is 645. The highest BCUT2D eigenvalue weighted by atomic mass is 16.5. The molecule has 1 aliphatic rings. The van der Waals surface area contributed by atoms with Crippen LogP contribution in [0, 0.1) is 0 Å². The van der Waals surface area contributed by atoms with E-state index in [1.807, 2.05) is 16.8 Å². The van der Waals surface area contributed by atoms with Crippen molar-refractivity contribution in [1.29, 1.82) is 0 Å². The highest BCUT2D eigenvalue weighted by molar-refractivity contribution is 5.27. The zero-order valence-corrected chi connectivity index (χ0v) is 14.8. The molecule has 0 radical (unpaired) electrons. The van der Waals surface area contributed by atoms with Gasteiger partial charge < -0.3 is 9.47 Å². The number of morpholine rings is 1. The molecule has 6 heteroatoms. The zero-order valence-electron chi connectivity index (χ0n) is 14.8. The molecule has 0 bridgehead atoms. The number of aromatic nitrogens is 3. The molecule has 6 nitrogen and oxygen atoms in total. The Balaban J connectivity index is 1.74. The van der Waals surface area contributed by atoms with Crippen LogP contribution in [0.4, 0.5) is 0 Å². The number of hydrogen-bond donors (Lipinski definition) is 0. The number of nitrogens with zero attached hydrogens (tertiary/aromatic N) is 4. The molecule has 2 heterocycles. The molecule has 0 saturated carbocycles. The first kappa shape index (κ1) is 16.9. The molecule has 2 aromatic rings. The average molecular weight is 330 g/mol. The van der Waals surface area contributed by atoms with E-state index in [4.69, 9.17) is 9.47 Å². The van der Waals surface area contributed by atoms with E-state index in [9.17, 15) is 0 Å². The summed E-state index contributed by atoms with van der Waals surface area (Å²) in [5.74, 6) is 1.86. The van der Waals surface area contributed by atoms with E-state index in [1.165, 1.54) is 5.56 Å². The molecule has 0 aliphatic carbocycles. The molecule has 3 atom stereocenters. The van der Waals surface area contributed by atoms with Crippen molar-refractivity contribution in [3.05, 3.63) is 42.0 Å². The van der Waals surface area contributed by atoms with Crippen LogP contribution in [0.1, 0.15) is 38.2 Å². The first-order valence-corrected chi connectivity index (χ1v) is 8.47. The largest absolute Gasteiger partial charge is 0.497 e. The fraction of sp³-hybridized carbons (Fsp3) is 0.556. The number of ether oxygens (including phenoxy) is 2. The summed E-state index contributed by atoms with van der Waals surface area (Å²) in [6.45, 7) is 8.98. The summed E-state index contributed by atoms with van der Waals surface area (Å²) in [5, 5.41) is 4.42. The van der Waals surface area contributed by atoms with Gasteiger partial charge in [-0.05, 0) is 38.5 Å². The van der Waals surface area contributed by atoms with Gasteiger partial charge in [-0.3, -0.25) is 4.90 Å². The zero-order chi connectivity index (χ0) is 17.1. The van der Waals surface area contributed by atoms with Crippen molar-refractivity contribution < 1.29 is 9.47 Å². The van der Waals surface area contributed by atoms with Crippen LogP contribution in [0.2, 0.25) is 0 Å². The van der Waals surface area contributed by atoms with Crippen molar-refractivity contribution >= 4 is 0 Å². The van der Waals surface area contributed by atoms with Gasteiger partial charge in [0.15, 0.2) is 0 Å². The van der Waals surface area contributed by atoms with Crippen LogP contribution in [-0.2, 0) is 11.3 Å². The number of benzene rings is 1. The van der Waals surface area contributed by atoms with Gasteiger partial charge in [0, 0.05) is 13.1 Å². The van der Waals surface area contributed by atoms with Gasteiger partial charge in [0.05, 0.1) is 31.9 Å². The molecule has 1 saturated heterocycles. The topological polar surface area (TPSA) is 52.4 Å². The third kappa shape index (κ3) is 3.76. The molecule has 0 amide bonds. The van der Waals surface area contributed by atoms with E-state index in [0.717, 1.165) is 24.7 Å². The van der Waals surface area contributed by atoms with Crippen molar-refractivity contribution in [3.8, 4) is 5.75 Å². The minimum Gasteiger partial charge on any atom is -0.497 e. The van der Waals surface area contributed by atoms with Gasteiger partial charge in [0.2, 0.25) is 0 Å². The van der Waals surface area contributed by atoms with Crippen molar-refractivity contribution in [1.82, 2.24) is 19.7 Å². The molecule has 1 unspecified atom stereocenters. The lowest BCUT2D eigenvalue weighted by molar-refractivity contribution is -0.0801. The van der Waals surface area contributed by atoms with Crippen LogP contribution < -0.4 is 4.74 Å². The van der Waals surface area contributed by atoms with E-state index >= 15 is 0 Å². The quantitative estimate of drug-likeness (QED) is 0.843. The lowest BCUT2D eigenvalue weighted by atomic mass is 10.1. The molecule has 1 aromatic carbocycles. The van der Waals surface area contributed by atoms with Crippen LogP contribution in [0.3, 0.4) is 0 Å². The first-order valence-electron chi connectivity index (χ1n) is 8.47. The molecule has 24 heavy (non-hydrogen) atoms. The van der Waals surface area contributed by atoms with Crippen LogP contribution in [0.15, 0.2) is 30.6 Å². The van der Waals surface area contributed by atoms with Gasteiger partial charge in [-0.1, -0.05) is 12.1 Å². The molecule has 0 spiro atoms. The predicted molar refractivity (Wildman–Crippen MR) is 92.1 cm³/mol. The van der Waals surface area contributed by atoms with Crippen LogP contribution in [0.25, 0.3) is 0 Å². The minimum atomic E-state index is 0.208. The van der Waals surface area contributed by atoms with Crippen molar-refractivity contribution in [2.75, 3.05) is 20.2 Å². The van der Waals surface area contributed by atoms with Crippen LogP contribution in [-0.4, -0.2) is 52.1 Å². The van der Waals surface area contributed by atoms with E-state index in [0.29, 0.717) is 6.54 Å². The third-order valence-corrected chi connectivity index (χ3v) is 4.51. The van der Waals surface area contributed by atoms with Crippen molar-refractivity contribution in [2.24, 2.45) is 0 Å². The second-order valence-electron chi connectivity index (χ2n) is 6.51. The molecular weight excluding hydrogens is 304 g/mol. The standard InChI is InChI=1S/C18H26N4O2/c1-13-9-21(10-14(2)24-13)15(3)18-19-12-20-22(18)11-16-5-7-17(23-4)8-6-16/h5-8,12-15H,9-11H2,1-4H3/t13-,14+,15?. The van der Waals surface area contributed by atoms with Gasteiger partial charge in [-0.2, -0.15) is 5.10 Å². The third-order valence-electron chi connectivity index (χ3n) is 4.51. The summed E-state index contributed by atoms with van der Waals surface area (Å²) in [7, 11) is 1.68. The SMILES string of the molecule is COc1ccc(Cn2ncnc2C(C)N2C[C@@H](C)O[C@@H](C)C2)cc1. The van der Waals surface area contributed by atoms with E-state index in [-0.39, 0.29) is 18.2 Å². The Hall–Kier alpha value is -1.92. The number of hydrogen-bond acceptors (Lipinski definition) is 5. The lowest BCUT2D eigenvalue weighted by Gasteiger charge is -2.38. The fourth-order valence-electron chi connectivity index (χ4n) is 3.32. The summed E-state index contributed by atoms with van der Waals surface area (Å²) in [4.78, 5) is 6.94. The summed E-state index contributed by atoms with van der Waals surface area (Å²) >= 11 is 0. The highest BCUT2D eigenvalue weighted by Gasteiger charge is 2.28. The monoisotopic (exact) mass is 330 g/mol. The smallest absolute Gasteiger partial charge is 0.144 e. The molecule has 1 aliphatic heterocycles. The normalized spacial score (nSPS) is 23.2. The molecule has 1 aromatic heterocycles. The molecule has 1 fully saturated rings. The lowest BCUT2D eigenvalue weighted by Crippen LogP contribution is -2.46. The maximum absolute atomic E-state index is 5.84. The van der Waals surface area contributed by atoms with Crippen LogP contribution >= 0.6 is 0 Å². The van der Waals surface area contributed by atoms with Gasteiger partial charge in [0.1, 0.15) is 17.9 Å². The van der Waals surface area contributed by atoms with Crippen LogP contribution in [0.5, 0.6) is 5.75 Å².